The third-order valence-corrected chi connectivity index (χ3v) is 12.5. The van der Waals surface area contributed by atoms with Crippen LogP contribution in [0.1, 0.15) is 47.6 Å². The van der Waals surface area contributed by atoms with Crippen molar-refractivity contribution >= 4 is 25.3 Å². The van der Waals surface area contributed by atoms with E-state index in [-0.39, 0.29) is 9.41 Å². The normalized spacial score (nSPS) is 18.4. The third-order valence-electron chi connectivity index (χ3n) is 6.25. The van der Waals surface area contributed by atoms with Gasteiger partial charge in [-0.1, -0.05) is 0 Å². The van der Waals surface area contributed by atoms with Crippen molar-refractivity contribution in [2.45, 2.75) is 28.0 Å². The second-order valence-corrected chi connectivity index (χ2v) is 13.2. The molecule has 2 aliphatic carbocycles. The smallest absolute Gasteiger partial charge is 1.00 e. The Morgan fingerprint density at radius 1 is 0.774 bits per heavy atom. The molecule has 0 nitrogen and oxygen atoms in total. The largest absolute Gasteiger partial charge is 1.00 e. The van der Waals surface area contributed by atoms with Gasteiger partial charge in [-0.2, -0.15) is 0 Å². The van der Waals surface area contributed by atoms with Crippen molar-refractivity contribution in [3.63, 3.8) is 0 Å². The van der Waals surface area contributed by atoms with Crippen LogP contribution in [0, 0.1) is 13.8 Å². The zero-order chi connectivity index (χ0) is 20.0. The Hall–Kier alpha value is -1.69. The van der Waals surface area contributed by atoms with Gasteiger partial charge in [0, 0.05) is 0 Å². The topological polar surface area (TPSA) is 0 Å². The van der Waals surface area contributed by atoms with Gasteiger partial charge in [-0.25, -0.2) is 0 Å². The first-order valence-corrected chi connectivity index (χ1v) is 14.1. The van der Waals surface area contributed by atoms with Gasteiger partial charge in [-0.3, -0.25) is 0 Å². The van der Waals surface area contributed by atoms with E-state index < -0.39 is 23.2 Å². The summed E-state index contributed by atoms with van der Waals surface area (Å²) in [5.74, 6) is 0. The number of fused-ring (bicyclic) bond motifs is 2. The van der Waals surface area contributed by atoms with Crippen LogP contribution >= 0.6 is 8.58 Å². The Kier molecular flexibility index (Phi) is 7.61. The quantitative estimate of drug-likeness (QED) is 0.460. The molecule has 0 N–H and O–H groups in total. The maximum Gasteiger partial charge on any atom is -1.00 e. The molecule has 0 fully saturated rings. The zero-order valence-electron chi connectivity index (χ0n) is 17.9. The molecule has 0 radical (unpaired) electrons. The number of hydrogen-bond acceptors (Lipinski definition) is 0. The first-order chi connectivity index (χ1) is 14.1. The Morgan fingerprint density at radius 2 is 1.45 bits per heavy atom. The molecule has 3 aromatic carbocycles. The van der Waals surface area contributed by atoms with Crippen molar-refractivity contribution in [3.05, 3.63) is 112 Å². The van der Waals surface area contributed by atoms with E-state index in [0.717, 1.165) is 8.58 Å². The molecule has 3 atom stereocenters. The van der Waals surface area contributed by atoms with Crippen LogP contribution in [0.2, 0.25) is 0 Å². The van der Waals surface area contributed by atoms with E-state index in [4.69, 9.17) is 0 Å². The fourth-order valence-corrected chi connectivity index (χ4v) is 11.2. The maximum absolute atomic E-state index is 2.52. The van der Waals surface area contributed by atoms with E-state index in [1.165, 1.54) is 27.6 Å². The van der Waals surface area contributed by atoms with Crippen LogP contribution in [0.15, 0.2) is 78.4 Å². The Balaban J connectivity index is 0.00000136. The van der Waals surface area contributed by atoms with Crippen LogP contribution in [0.4, 0.5) is 0 Å². The summed E-state index contributed by atoms with van der Waals surface area (Å²) in [6.45, 7) is 6.97. The maximum atomic E-state index is 2.52. The third kappa shape index (κ3) is 4.33. The van der Waals surface area contributed by atoms with Crippen LogP contribution in [0.5, 0.6) is 0 Å². The Morgan fingerprint density at radius 3 is 2.23 bits per heavy atom. The molecular formula is C27H25F2PZr. The van der Waals surface area contributed by atoms with Gasteiger partial charge >= 0.3 is 188 Å². The summed E-state index contributed by atoms with van der Waals surface area (Å²) < 4.78 is 1.36. The van der Waals surface area contributed by atoms with Gasteiger partial charge in [0.1, 0.15) is 0 Å². The predicted octanol–water partition coefficient (Wildman–Crippen LogP) is 0.952. The summed E-state index contributed by atoms with van der Waals surface area (Å²) >= 11 is -0.750. The van der Waals surface area contributed by atoms with Crippen LogP contribution in [0.25, 0.3) is 11.4 Å². The van der Waals surface area contributed by atoms with Crippen LogP contribution in [0.3, 0.4) is 0 Å². The number of rotatable bonds is 4. The predicted molar refractivity (Wildman–Crippen MR) is 124 cm³/mol. The summed E-state index contributed by atoms with van der Waals surface area (Å²) in [5, 5.41) is 3.04. The molecule has 0 amide bonds. The number of benzene rings is 3. The molecular weight excluding hydrogens is 484 g/mol. The number of halogens is 2. The molecule has 0 bridgehead atoms. The van der Waals surface area contributed by atoms with Crippen LogP contribution < -0.4 is 14.7 Å². The molecule has 3 unspecified atom stereocenters. The molecule has 0 heterocycles. The van der Waals surface area contributed by atoms with Crippen LogP contribution in [-0.4, -0.2) is 0 Å². The second kappa shape index (κ2) is 9.85. The van der Waals surface area contributed by atoms with E-state index in [9.17, 15) is 0 Å². The average Bonchev–Trinajstić information content (AvgIpc) is 3.28. The molecule has 2 aliphatic rings. The SMILES string of the molecule is CC1=C(Pc2ccccc2)c2ccccc2[CH]1[Zr+2][CH]1C=Cc2c(C)ccc(C)c21.[F-].[F-]. The monoisotopic (exact) mass is 508 g/mol. The van der Waals surface area contributed by atoms with Gasteiger partial charge in [0.25, 0.3) is 0 Å². The number of aryl methyl sites for hydroxylation is 2. The van der Waals surface area contributed by atoms with Gasteiger partial charge in [0.15, 0.2) is 0 Å². The molecule has 0 saturated heterocycles. The fourth-order valence-electron chi connectivity index (χ4n) is 4.71. The minimum absolute atomic E-state index is 0. The molecule has 0 saturated carbocycles. The van der Waals surface area contributed by atoms with Gasteiger partial charge in [-0.15, -0.1) is 0 Å². The molecule has 31 heavy (non-hydrogen) atoms. The van der Waals surface area contributed by atoms with Crippen molar-refractivity contribution in [1.29, 1.82) is 0 Å². The van der Waals surface area contributed by atoms with Gasteiger partial charge < -0.3 is 9.41 Å². The molecule has 5 rings (SSSR count). The molecule has 156 valence electrons. The zero-order valence-corrected chi connectivity index (χ0v) is 21.4. The number of hydrogen-bond donors (Lipinski definition) is 0. The van der Waals surface area contributed by atoms with Crippen molar-refractivity contribution < 1.29 is 32.6 Å². The van der Waals surface area contributed by atoms with Gasteiger partial charge in [0.2, 0.25) is 0 Å². The summed E-state index contributed by atoms with van der Waals surface area (Å²) in [4.78, 5) is 0. The van der Waals surface area contributed by atoms with E-state index in [1.807, 2.05) is 0 Å². The minimum Gasteiger partial charge on any atom is -1.00 e. The van der Waals surface area contributed by atoms with Crippen molar-refractivity contribution in [2.75, 3.05) is 0 Å². The molecule has 0 spiro atoms. The van der Waals surface area contributed by atoms with Crippen LogP contribution in [-0.2, 0) is 23.2 Å². The van der Waals surface area contributed by atoms with Crippen molar-refractivity contribution in [2.24, 2.45) is 0 Å². The standard InChI is InChI=1S/C16H14P.C11H11.2FH.Zr/c1-12-11-13-7-5-6-10-15(13)16(12)17-14-8-3-2-4-9-14;1-8-6-7-9(2)11-5-3-4-10(8)11;;;/h2-11,17H,1H3;3-7H,1-2H3;2*1H;/q;;;;+2/p-2. The van der Waals surface area contributed by atoms with Gasteiger partial charge in [-0.05, 0) is 0 Å². The summed E-state index contributed by atoms with van der Waals surface area (Å²) in [6, 6.07) is 24.8. The Labute approximate surface area is 197 Å². The second-order valence-electron chi connectivity index (χ2n) is 8.10. The molecule has 0 aromatic heterocycles. The first-order valence-electron chi connectivity index (χ1n) is 10.3. The summed E-state index contributed by atoms with van der Waals surface area (Å²) in [6.07, 6.45) is 4.92. The Bertz CT molecular complexity index is 1150. The number of allylic oxidation sites excluding steroid dienone is 2. The van der Waals surface area contributed by atoms with E-state index in [1.54, 1.807) is 22.0 Å². The first kappa shape index (κ1) is 24.0. The van der Waals surface area contributed by atoms with Crippen molar-refractivity contribution in [3.8, 4) is 0 Å². The van der Waals surface area contributed by atoms with E-state index in [0.29, 0.717) is 7.25 Å². The van der Waals surface area contributed by atoms with Gasteiger partial charge in [0.05, 0.1) is 0 Å². The van der Waals surface area contributed by atoms with E-state index >= 15 is 0 Å². The minimum atomic E-state index is -0.750. The van der Waals surface area contributed by atoms with Crippen molar-refractivity contribution in [1.82, 2.24) is 0 Å². The molecule has 3 aromatic rings. The fraction of sp³-hybridized carbons (Fsp3) is 0.185. The molecule has 4 heteroatoms. The van der Waals surface area contributed by atoms with E-state index in [2.05, 4.69) is 99.7 Å². The molecule has 0 aliphatic heterocycles. The average molecular weight is 510 g/mol. The summed E-state index contributed by atoms with van der Waals surface area (Å²) in [5.41, 5.74) is 10.8. The summed E-state index contributed by atoms with van der Waals surface area (Å²) in [7, 11) is 0.753.